The molecule has 1 N–H and O–H groups in total. The molecule has 1 aromatic heterocycles. The van der Waals surface area contributed by atoms with Crippen molar-refractivity contribution in [1.82, 2.24) is 14.8 Å². The van der Waals surface area contributed by atoms with Gasteiger partial charge in [-0.25, -0.2) is 0 Å². The van der Waals surface area contributed by atoms with Gasteiger partial charge in [0.15, 0.2) is 0 Å². The molecule has 0 atom stereocenters. The van der Waals surface area contributed by atoms with Crippen LogP contribution in [0.4, 0.5) is 0 Å². The SMILES string of the molecule is CCN(CC)Cc1cccc(CN(C)CCO)n1. The number of nitrogens with zero attached hydrogens (tertiary/aromatic N) is 3. The minimum atomic E-state index is 0.190. The van der Waals surface area contributed by atoms with Crippen molar-refractivity contribution < 1.29 is 5.11 Å². The summed E-state index contributed by atoms with van der Waals surface area (Å²) < 4.78 is 0. The molecule has 0 aliphatic rings. The van der Waals surface area contributed by atoms with E-state index in [1.165, 1.54) is 0 Å². The molecule has 1 heterocycles. The van der Waals surface area contributed by atoms with Crippen LogP contribution in [0.1, 0.15) is 25.2 Å². The van der Waals surface area contributed by atoms with Crippen LogP contribution >= 0.6 is 0 Å². The van der Waals surface area contributed by atoms with E-state index in [0.29, 0.717) is 6.54 Å². The minimum absolute atomic E-state index is 0.190. The van der Waals surface area contributed by atoms with E-state index in [1.807, 2.05) is 13.1 Å². The third-order valence-electron chi connectivity index (χ3n) is 3.06. The van der Waals surface area contributed by atoms with Crippen LogP contribution < -0.4 is 0 Å². The molecule has 0 amide bonds. The Labute approximate surface area is 110 Å². The zero-order chi connectivity index (χ0) is 13.4. The molecule has 18 heavy (non-hydrogen) atoms. The molecule has 0 fully saturated rings. The van der Waals surface area contributed by atoms with Crippen LogP contribution in [-0.2, 0) is 13.1 Å². The number of rotatable bonds is 8. The lowest BCUT2D eigenvalue weighted by Gasteiger charge is -2.18. The molecular formula is C14H25N3O. The lowest BCUT2D eigenvalue weighted by atomic mass is 10.2. The van der Waals surface area contributed by atoms with Gasteiger partial charge in [-0.3, -0.25) is 14.8 Å². The monoisotopic (exact) mass is 251 g/mol. The molecule has 0 unspecified atom stereocenters. The molecule has 0 aromatic carbocycles. The maximum Gasteiger partial charge on any atom is 0.0558 e. The van der Waals surface area contributed by atoms with Crippen LogP contribution in [0.15, 0.2) is 18.2 Å². The van der Waals surface area contributed by atoms with Crippen LogP contribution in [0.3, 0.4) is 0 Å². The van der Waals surface area contributed by atoms with E-state index in [0.717, 1.165) is 37.6 Å². The van der Waals surface area contributed by atoms with E-state index in [-0.39, 0.29) is 6.61 Å². The number of aliphatic hydroxyl groups excluding tert-OH is 1. The predicted octanol–water partition coefficient (Wildman–Crippen LogP) is 1.35. The van der Waals surface area contributed by atoms with Gasteiger partial charge in [-0.15, -0.1) is 0 Å². The quantitative estimate of drug-likeness (QED) is 0.757. The van der Waals surface area contributed by atoms with Gasteiger partial charge in [0.05, 0.1) is 18.0 Å². The molecule has 0 spiro atoms. The summed E-state index contributed by atoms with van der Waals surface area (Å²) in [5.74, 6) is 0. The van der Waals surface area contributed by atoms with Crippen LogP contribution in [-0.4, -0.2) is 53.2 Å². The largest absolute Gasteiger partial charge is 0.395 e. The number of pyridine rings is 1. The van der Waals surface area contributed by atoms with E-state index >= 15 is 0 Å². The molecule has 4 heteroatoms. The van der Waals surface area contributed by atoms with Crippen LogP contribution in [0.2, 0.25) is 0 Å². The summed E-state index contributed by atoms with van der Waals surface area (Å²) in [6.45, 7) is 9.00. The normalized spacial score (nSPS) is 11.4. The van der Waals surface area contributed by atoms with Gasteiger partial charge in [-0.05, 0) is 32.3 Å². The maximum atomic E-state index is 8.88. The highest BCUT2D eigenvalue weighted by molar-refractivity contribution is 5.11. The van der Waals surface area contributed by atoms with Crippen molar-refractivity contribution in [3.63, 3.8) is 0 Å². The van der Waals surface area contributed by atoms with E-state index in [2.05, 4.69) is 40.8 Å². The first-order valence-corrected chi connectivity index (χ1v) is 6.66. The molecule has 0 radical (unpaired) electrons. The molecule has 0 saturated carbocycles. The highest BCUT2D eigenvalue weighted by Gasteiger charge is 2.05. The average molecular weight is 251 g/mol. The van der Waals surface area contributed by atoms with Crippen molar-refractivity contribution >= 4 is 0 Å². The number of aliphatic hydroxyl groups is 1. The standard InChI is InChI=1S/C14H25N3O/c1-4-17(5-2)12-14-8-6-7-13(15-14)11-16(3)9-10-18/h6-8,18H,4-5,9-12H2,1-3H3. The van der Waals surface area contributed by atoms with Crippen LogP contribution in [0.5, 0.6) is 0 Å². The summed E-state index contributed by atoms with van der Waals surface area (Å²) >= 11 is 0. The Morgan fingerprint density at radius 1 is 1.11 bits per heavy atom. The molecule has 0 bridgehead atoms. The zero-order valence-electron chi connectivity index (χ0n) is 11.8. The summed E-state index contributed by atoms with van der Waals surface area (Å²) in [5.41, 5.74) is 2.18. The van der Waals surface area contributed by atoms with E-state index in [1.54, 1.807) is 0 Å². The molecule has 1 aromatic rings. The highest BCUT2D eigenvalue weighted by Crippen LogP contribution is 2.05. The Balaban J connectivity index is 2.61. The lowest BCUT2D eigenvalue weighted by molar-refractivity contribution is 0.215. The second-order valence-electron chi connectivity index (χ2n) is 4.54. The van der Waals surface area contributed by atoms with Gasteiger partial charge < -0.3 is 5.11 Å². The Hall–Kier alpha value is -0.970. The van der Waals surface area contributed by atoms with Crippen molar-refractivity contribution in [2.45, 2.75) is 26.9 Å². The van der Waals surface area contributed by atoms with Crippen molar-refractivity contribution in [3.05, 3.63) is 29.6 Å². The fourth-order valence-corrected chi connectivity index (χ4v) is 1.91. The van der Waals surface area contributed by atoms with Gasteiger partial charge in [0.1, 0.15) is 0 Å². The predicted molar refractivity (Wildman–Crippen MR) is 74.3 cm³/mol. The summed E-state index contributed by atoms with van der Waals surface area (Å²) in [7, 11) is 2.00. The fourth-order valence-electron chi connectivity index (χ4n) is 1.91. The average Bonchev–Trinajstić information content (AvgIpc) is 2.36. The van der Waals surface area contributed by atoms with Gasteiger partial charge >= 0.3 is 0 Å². The Morgan fingerprint density at radius 3 is 2.28 bits per heavy atom. The number of aromatic nitrogens is 1. The molecule has 0 aliphatic heterocycles. The van der Waals surface area contributed by atoms with Gasteiger partial charge in [0.25, 0.3) is 0 Å². The Bertz CT molecular complexity index is 340. The third kappa shape index (κ3) is 5.12. The van der Waals surface area contributed by atoms with E-state index in [9.17, 15) is 0 Å². The van der Waals surface area contributed by atoms with E-state index < -0.39 is 0 Å². The molecular weight excluding hydrogens is 226 g/mol. The minimum Gasteiger partial charge on any atom is -0.395 e. The van der Waals surface area contributed by atoms with Crippen molar-refractivity contribution in [3.8, 4) is 0 Å². The topological polar surface area (TPSA) is 39.6 Å². The van der Waals surface area contributed by atoms with Crippen LogP contribution in [0, 0.1) is 0 Å². The molecule has 4 nitrogen and oxygen atoms in total. The third-order valence-corrected chi connectivity index (χ3v) is 3.06. The zero-order valence-corrected chi connectivity index (χ0v) is 11.8. The van der Waals surface area contributed by atoms with Crippen molar-refractivity contribution in [1.29, 1.82) is 0 Å². The van der Waals surface area contributed by atoms with Gasteiger partial charge in [-0.1, -0.05) is 19.9 Å². The smallest absolute Gasteiger partial charge is 0.0558 e. The number of likely N-dealkylation sites (N-methyl/N-ethyl adjacent to an activating group) is 1. The number of hydrogen-bond acceptors (Lipinski definition) is 4. The first kappa shape index (κ1) is 15.1. The summed E-state index contributed by atoms with van der Waals surface area (Å²) in [5, 5.41) is 8.88. The molecule has 0 aliphatic carbocycles. The highest BCUT2D eigenvalue weighted by atomic mass is 16.3. The second-order valence-corrected chi connectivity index (χ2v) is 4.54. The maximum absolute atomic E-state index is 8.88. The van der Waals surface area contributed by atoms with Crippen molar-refractivity contribution in [2.75, 3.05) is 33.3 Å². The first-order chi connectivity index (χ1) is 8.69. The lowest BCUT2D eigenvalue weighted by Crippen LogP contribution is -2.24. The van der Waals surface area contributed by atoms with Gasteiger partial charge in [0, 0.05) is 19.6 Å². The Morgan fingerprint density at radius 2 is 1.72 bits per heavy atom. The molecule has 0 saturated heterocycles. The summed E-state index contributed by atoms with van der Waals surface area (Å²) in [6.07, 6.45) is 0. The van der Waals surface area contributed by atoms with Crippen LogP contribution in [0.25, 0.3) is 0 Å². The summed E-state index contributed by atoms with van der Waals surface area (Å²) in [4.78, 5) is 9.09. The van der Waals surface area contributed by atoms with Gasteiger partial charge in [-0.2, -0.15) is 0 Å². The first-order valence-electron chi connectivity index (χ1n) is 6.66. The van der Waals surface area contributed by atoms with E-state index in [4.69, 9.17) is 5.11 Å². The van der Waals surface area contributed by atoms with Gasteiger partial charge in [0.2, 0.25) is 0 Å². The number of hydrogen-bond donors (Lipinski definition) is 1. The summed E-state index contributed by atoms with van der Waals surface area (Å²) in [6, 6.07) is 6.18. The fraction of sp³-hybridized carbons (Fsp3) is 0.643. The molecule has 1 rings (SSSR count). The second kappa shape index (κ2) is 8.19. The Kier molecular flexibility index (Phi) is 6.86. The van der Waals surface area contributed by atoms with Crippen molar-refractivity contribution in [2.24, 2.45) is 0 Å². The molecule has 102 valence electrons.